The normalized spacial score (nSPS) is 14.5. The molecule has 1 N–H and O–H groups in total. The van der Waals surface area contributed by atoms with E-state index in [-0.39, 0.29) is 18.5 Å². The molecule has 21 heavy (non-hydrogen) atoms. The molecule has 114 valence electrons. The van der Waals surface area contributed by atoms with Crippen LogP contribution in [0.2, 0.25) is 0 Å². The number of ether oxygens (including phenoxy) is 1. The van der Waals surface area contributed by atoms with Crippen LogP contribution in [0.15, 0.2) is 24.3 Å². The van der Waals surface area contributed by atoms with Crippen molar-refractivity contribution in [3.8, 4) is 5.75 Å². The molecule has 0 spiro atoms. The molecule has 1 aliphatic rings. The van der Waals surface area contributed by atoms with Gasteiger partial charge in [-0.05, 0) is 38.1 Å². The maximum Gasteiger partial charge on any atom is 0.325 e. The van der Waals surface area contributed by atoms with Gasteiger partial charge in [0.05, 0.1) is 6.61 Å². The van der Waals surface area contributed by atoms with Gasteiger partial charge in [0.25, 0.3) is 0 Å². The molecule has 3 amide bonds. The van der Waals surface area contributed by atoms with Crippen LogP contribution in [0.4, 0.5) is 10.5 Å². The molecule has 1 aromatic rings. The third-order valence-corrected chi connectivity index (χ3v) is 3.26. The third-order valence-electron chi connectivity index (χ3n) is 3.26. The zero-order valence-corrected chi connectivity index (χ0v) is 12.5. The Bertz CT molecular complexity index is 501. The van der Waals surface area contributed by atoms with Gasteiger partial charge in [0.15, 0.2) is 0 Å². The summed E-state index contributed by atoms with van der Waals surface area (Å²) >= 11 is 0. The van der Waals surface area contributed by atoms with E-state index < -0.39 is 0 Å². The Balaban J connectivity index is 1.99. The molecule has 0 unspecified atom stereocenters. The van der Waals surface area contributed by atoms with Crippen molar-refractivity contribution in [2.45, 2.75) is 13.8 Å². The van der Waals surface area contributed by atoms with E-state index in [0.29, 0.717) is 26.2 Å². The molecule has 6 heteroatoms. The molecule has 1 aromatic carbocycles. The number of urea groups is 1. The van der Waals surface area contributed by atoms with Crippen LogP contribution in [0.1, 0.15) is 13.8 Å². The second-order valence-electron chi connectivity index (χ2n) is 4.74. The fourth-order valence-corrected chi connectivity index (χ4v) is 2.28. The first-order valence-electron chi connectivity index (χ1n) is 7.21. The van der Waals surface area contributed by atoms with Crippen LogP contribution < -0.4 is 15.0 Å². The topological polar surface area (TPSA) is 61.9 Å². The third kappa shape index (κ3) is 3.65. The molecule has 1 saturated heterocycles. The molecule has 0 saturated carbocycles. The number of rotatable bonds is 6. The summed E-state index contributed by atoms with van der Waals surface area (Å²) in [6, 6.07) is 7.28. The molecule has 2 rings (SSSR count). The minimum atomic E-state index is -0.134. The smallest absolute Gasteiger partial charge is 0.325 e. The van der Waals surface area contributed by atoms with Gasteiger partial charge in [-0.1, -0.05) is 0 Å². The van der Waals surface area contributed by atoms with Crippen molar-refractivity contribution in [3.05, 3.63) is 24.3 Å². The minimum Gasteiger partial charge on any atom is -0.494 e. The van der Waals surface area contributed by atoms with Crippen molar-refractivity contribution in [1.82, 2.24) is 10.2 Å². The molecule has 0 bridgehead atoms. The number of nitrogens with zero attached hydrogens (tertiary/aromatic N) is 2. The summed E-state index contributed by atoms with van der Waals surface area (Å²) in [5, 5.41) is 2.70. The van der Waals surface area contributed by atoms with Gasteiger partial charge in [-0.15, -0.1) is 0 Å². The molecule has 1 aliphatic heterocycles. The van der Waals surface area contributed by atoms with E-state index >= 15 is 0 Å². The zero-order valence-electron chi connectivity index (χ0n) is 12.5. The second kappa shape index (κ2) is 6.97. The van der Waals surface area contributed by atoms with Gasteiger partial charge in [0, 0.05) is 25.3 Å². The van der Waals surface area contributed by atoms with Crippen LogP contribution in [0.3, 0.4) is 0 Å². The van der Waals surface area contributed by atoms with Crippen molar-refractivity contribution in [2.75, 3.05) is 37.7 Å². The van der Waals surface area contributed by atoms with E-state index in [9.17, 15) is 9.59 Å². The number of hydrogen-bond donors (Lipinski definition) is 1. The zero-order chi connectivity index (χ0) is 15.2. The van der Waals surface area contributed by atoms with Crippen LogP contribution in [-0.2, 0) is 4.79 Å². The summed E-state index contributed by atoms with van der Waals surface area (Å²) in [7, 11) is 0. The van der Waals surface area contributed by atoms with Crippen LogP contribution in [0.25, 0.3) is 0 Å². The fraction of sp³-hybridized carbons (Fsp3) is 0.467. The number of likely N-dealkylation sites (N-methyl/N-ethyl adjacent to an activating group) is 1. The predicted molar refractivity (Wildman–Crippen MR) is 80.6 cm³/mol. The van der Waals surface area contributed by atoms with E-state index in [0.717, 1.165) is 11.4 Å². The lowest BCUT2D eigenvalue weighted by atomic mass is 10.3. The molecule has 1 fully saturated rings. The quantitative estimate of drug-likeness (QED) is 0.863. The molecule has 0 aliphatic carbocycles. The van der Waals surface area contributed by atoms with Crippen molar-refractivity contribution in [2.24, 2.45) is 0 Å². The lowest BCUT2D eigenvalue weighted by Crippen LogP contribution is -2.39. The Kier molecular flexibility index (Phi) is 5.03. The molecular formula is C15H21N3O3. The summed E-state index contributed by atoms with van der Waals surface area (Å²) in [6.45, 7) is 6.23. The summed E-state index contributed by atoms with van der Waals surface area (Å²) < 4.78 is 5.38. The fourth-order valence-electron chi connectivity index (χ4n) is 2.28. The molecular weight excluding hydrogens is 270 g/mol. The summed E-state index contributed by atoms with van der Waals surface area (Å²) in [4.78, 5) is 27.1. The number of anilines is 1. The highest BCUT2D eigenvalue weighted by atomic mass is 16.5. The second-order valence-corrected chi connectivity index (χ2v) is 4.74. The number of amides is 3. The van der Waals surface area contributed by atoms with Gasteiger partial charge < -0.3 is 15.0 Å². The average molecular weight is 291 g/mol. The van der Waals surface area contributed by atoms with Gasteiger partial charge in [-0.3, -0.25) is 9.69 Å². The van der Waals surface area contributed by atoms with Gasteiger partial charge in [0.2, 0.25) is 5.91 Å². The van der Waals surface area contributed by atoms with Crippen molar-refractivity contribution < 1.29 is 14.3 Å². The average Bonchev–Trinajstić information content (AvgIpc) is 2.82. The highest BCUT2D eigenvalue weighted by Crippen LogP contribution is 2.23. The van der Waals surface area contributed by atoms with Gasteiger partial charge >= 0.3 is 6.03 Å². The first-order valence-corrected chi connectivity index (χ1v) is 7.21. The van der Waals surface area contributed by atoms with Crippen LogP contribution in [-0.4, -0.2) is 49.6 Å². The van der Waals surface area contributed by atoms with Crippen LogP contribution in [0.5, 0.6) is 5.75 Å². The number of hydrogen-bond acceptors (Lipinski definition) is 3. The van der Waals surface area contributed by atoms with Gasteiger partial charge in [0.1, 0.15) is 12.3 Å². The standard InChI is InChI=1S/C15H21N3O3/c1-3-16-14(19)11-17-9-10-18(15(17)20)12-5-7-13(8-6-12)21-4-2/h5-8H,3-4,9-11H2,1-2H3,(H,16,19). The number of benzene rings is 1. The Labute approximate surface area is 124 Å². The number of nitrogens with one attached hydrogen (secondary N) is 1. The van der Waals surface area contributed by atoms with Crippen LogP contribution in [0, 0.1) is 0 Å². The van der Waals surface area contributed by atoms with E-state index in [1.165, 1.54) is 0 Å². The molecule has 1 heterocycles. The Hall–Kier alpha value is -2.24. The lowest BCUT2D eigenvalue weighted by molar-refractivity contribution is -0.121. The summed E-state index contributed by atoms with van der Waals surface area (Å²) in [5.41, 5.74) is 0.821. The van der Waals surface area contributed by atoms with E-state index in [1.54, 1.807) is 9.80 Å². The maximum absolute atomic E-state index is 12.3. The van der Waals surface area contributed by atoms with Crippen molar-refractivity contribution in [1.29, 1.82) is 0 Å². The minimum absolute atomic E-state index is 0.111. The number of carbonyl (C=O) groups excluding carboxylic acids is 2. The monoisotopic (exact) mass is 291 g/mol. The SMILES string of the molecule is CCNC(=O)CN1CCN(c2ccc(OCC)cc2)C1=O. The van der Waals surface area contributed by atoms with Gasteiger partial charge in [-0.25, -0.2) is 4.79 Å². The largest absolute Gasteiger partial charge is 0.494 e. The van der Waals surface area contributed by atoms with Crippen molar-refractivity contribution >= 4 is 17.6 Å². The molecule has 0 aromatic heterocycles. The highest BCUT2D eigenvalue weighted by Gasteiger charge is 2.30. The maximum atomic E-state index is 12.3. The van der Waals surface area contributed by atoms with Crippen LogP contribution >= 0.6 is 0 Å². The van der Waals surface area contributed by atoms with E-state index in [2.05, 4.69) is 5.32 Å². The predicted octanol–water partition coefficient (Wildman–Crippen LogP) is 1.46. The Morgan fingerprint density at radius 1 is 1.24 bits per heavy atom. The van der Waals surface area contributed by atoms with E-state index in [4.69, 9.17) is 4.74 Å². The highest BCUT2D eigenvalue weighted by molar-refractivity contribution is 5.96. The first kappa shape index (κ1) is 15.2. The Morgan fingerprint density at radius 3 is 2.57 bits per heavy atom. The first-order chi connectivity index (χ1) is 10.2. The molecule has 0 radical (unpaired) electrons. The Morgan fingerprint density at radius 2 is 1.95 bits per heavy atom. The lowest BCUT2D eigenvalue weighted by Gasteiger charge is -2.18. The van der Waals surface area contributed by atoms with Crippen molar-refractivity contribution in [3.63, 3.8) is 0 Å². The number of carbonyl (C=O) groups is 2. The molecule has 6 nitrogen and oxygen atoms in total. The van der Waals surface area contributed by atoms with E-state index in [1.807, 2.05) is 38.1 Å². The molecule has 0 atom stereocenters. The summed E-state index contributed by atoms with van der Waals surface area (Å²) in [6.07, 6.45) is 0. The summed E-state index contributed by atoms with van der Waals surface area (Å²) in [5.74, 6) is 0.659. The van der Waals surface area contributed by atoms with Gasteiger partial charge in [-0.2, -0.15) is 0 Å².